The van der Waals surface area contributed by atoms with Gasteiger partial charge in [0.15, 0.2) is 17.5 Å². The minimum absolute atomic E-state index is 0.0907. The quantitative estimate of drug-likeness (QED) is 0.383. The molecule has 0 bridgehead atoms. The van der Waals surface area contributed by atoms with Crippen LogP contribution < -0.4 is 0 Å². The van der Waals surface area contributed by atoms with E-state index in [4.69, 9.17) is 4.74 Å². The topological polar surface area (TPSA) is 72.1 Å². The molecular weight excluding hydrogens is 392 g/mol. The molecule has 5 nitrogen and oxygen atoms in total. The van der Waals surface area contributed by atoms with Gasteiger partial charge in [0.25, 0.3) is 0 Å². The Bertz CT molecular complexity index is 844. The lowest BCUT2D eigenvalue weighted by atomic mass is 10.1. The summed E-state index contributed by atoms with van der Waals surface area (Å²) in [4.78, 5) is 31.2. The Balaban J connectivity index is 1.48. The van der Waals surface area contributed by atoms with Gasteiger partial charge in [-0.15, -0.1) is 0 Å². The Morgan fingerprint density at radius 1 is 1.12 bits per heavy atom. The number of carbonyl (C=O) groups excluding carboxylic acids is 2. The number of nitrogens with one attached hydrogen (secondary N) is 1. The molecule has 0 amide bonds. The monoisotopic (exact) mass is 404 g/mol. The molecule has 0 saturated carbocycles. The Morgan fingerprint density at radius 3 is 2.62 bits per heavy atom. The molecule has 7 heteroatoms. The average molecular weight is 405 g/mol. The molecule has 1 heterocycles. The fraction of sp³-hybridized carbons (Fsp3) is 0.118. The molecular formula is C17H13BrN2O3S. The van der Waals surface area contributed by atoms with Crippen molar-refractivity contribution in [2.45, 2.75) is 5.16 Å². The van der Waals surface area contributed by atoms with E-state index in [-0.39, 0.29) is 18.1 Å². The highest BCUT2D eigenvalue weighted by Crippen LogP contribution is 2.19. The molecule has 0 aliphatic carbocycles. The van der Waals surface area contributed by atoms with Crippen LogP contribution in [0.1, 0.15) is 10.4 Å². The highest BCUT2D eigenvalue weighted by molar-refractivity contribution is 9.10. The summed E-state index contributed by atoms with van der Waals surface area (Å²) in [5.41, 5.74) is 2.27. The molecule has 0 spiro atoms. The lowest BCUT2D eigenvalue weighted by Crippen LogP contribution is -2.15. The first-order chi connectivity index (χ1) is 11.6. The molecule has 0 atom stereocenters. The summed E-state index contributed by atoms with van der Waals surface area (Å²) in [7, 11) is 0. The summed E-state index contributed by atoms with van der Waals surface area (Å²) in [6.07, 6.45) is 0. The van der Waals surface area contributed by atoms with Crippen LogP contribution >= 0.6 is 27.7 Å². The molecule has 1 aromatic heterocycles. The van der Waals surface area contributed by atoms with Crippen molar-refractivity contribution in [2.24, 2.45) is 0 Å². The predicted octanol–water partition coefficient (Wildman–Crippen LogP) is 3.84. The number of hydrogen-bond acceptors (Lipinski definition) is 5. The molecule has 24 heavy (non-hydrogen) atoms. The number of Topliss-reactive ketones (excluding diaryl/α,β-unsaturated/α-hetero) is 1. The van der Waals surface area contributed by atoms with Crippen LogP contribution in [-0.4, -0.2) is 34.1 Å². The number of esters is 1. The van der Waals surface area contributed by atoms with E-state index in [1.807, 2.05) is 24.3 Å². The molecule has 0 aliphatic rings. The Kier molecular flexibility index (Phi) is 5.32. The molecule has 3 aromatic rings. The first-order valence-corrected chi connectivity index (χ1v) is 8.91. The average Bonchev–Trinajstić information content (AvgIpc) is 3.01. The molecule has 0 radical (unpaired) electrons. The van der Waals surface area contributed by atoms with Crippen molar-refractivity contribution in [1.82, 2.24) is 9.97 Å². The van der Waals surface area contributed by atoms with Crippen molar-refractivity contribution in [3.8, 4) is 0 Å². The van der Waals surface area contributed by atoms with E-state index < -0.39 is 5.97 Å². The van der Waals surface area contributed by atoms with Gasteiger partial charge in [0.2, 0.25) is 0 Å². The van der Waals surface area contributed by atoms with E-state index in [0.717, 1.165) is 15.5 Å². The zero-order chi connectivity index (χ0) is 16.9. The molecule has 122 valence electrons. The van der Waals surface area contributed by atoms with Gasteiger partial charge in [0.05, 0.1) is 16.8 Å². The third kappa shape index (κ3) is 4.24. The number of aromatic nitrogens is 2. The van der Waals surface area contributed by atoms with Crippen molar-refractivity contribution >= 4 is 50.5 Å². The summed E-state index contributed by atoms with van der Waals surface area (Å²) in [6.45, 7) is -0.263. The number of para-hydroxylation sites is 2. The Hall–Kier alpha value is -2.12. The third-order valence-electron chi connectivity index (χ3n) is 3.22. The summed E-state index contributed by atoms with van der Waals surface area (Å²) in [5, 5.41) is 0.646. The van der Waals surface area contributed by atoms with E-state index in [1.54, 1.807) is 24.3 Å². The second kappa shape index (κ2) is 7.63. The number of H-pyrrole nitrogens is 1. The number of rotatable bonds is 6. The molecule has 0 fully saturated rings. The van der Waals surface area contributed by atoms with Crippen LogP contribution in [0.3, 0.4) is 0 Å². The van der Waals surface area contributed by atoms with E-state index in [1.165, 1.54) is 11.8 Å². The van der Waals surface area contributed by atoms with Crippen molar-refractivity contribution in [3.05, 3.63) is 58.6 Å². The number of thioether (sulfide) groups is 1. The van der Waals surface area contributed by atoms with Gasteiger partial charge in [0, 0.05) is 10.0 Å². The minimum atomic E-state index is -0.453. The molecule has 1 N–H and O–H groups in total. The van der Waals surface area contributed by atoms with E-state index >= 15 is 0 Å². The second-order valence-corrected chi connectivity index (χ2v) is 6.82. The lowest BCUT2D eigenvalue weighted by Gasteiger charge is -2.04. The molecule has 0 unspecified atom stereocenters. The first kappa shape index (κ1) is 16.7. The van der Waals surface area contributed by atoms with Gasteiger partial charge in [-0.25, -0.2) is 4.98 Å². The Morgan fingerprint density at radius 2 is 1.88 bits per heavy atom. The maximum absolute atomic E-state index is 11.9. The van der Waals surface area contributed by atoms with Crippen LogP contribution in [0.15, 0.2) is 58.2 Å². The number of fused-ring (bicyclic) bond motifs is 1. The van der Waals surface area contributed by atoms with Gasteiger partial charge in [-0.05, 0) is 24.3 Å². The van der Waals surface area contributed by atoms with Crippen LogP contribution in [0.2, 0.25) is 0 Å². The van der Waals surface area contributed by atoms with Gasteiger partial charge in [-0.3, -0.25) is 9.59 Å². The van der Waals surface area contributed by atoms with Gasteiger partial charge >= 0.3 is 5.97 Å². The normalized spacial score (nSPS) is 10.7. The van der Waals surface area contributed by atoms with Crippen LogP contribution in [-0.2, 0) is 9.53 Å². The van der Waals surface area contributed by atoms with Crippen molar-refractivity contribution in [2.75, 3.05) is 12.4 Å². The predicted molar refractivity (Wildman–Crippen MR) is 96.2 cm³/mol. The SMILES string of the molecule is O=C(CSc1nc2ccccc2[nH]1)OCC(=O)c1ccc(Br)cc1. The van der Waals surface area contributed by atoms with Crippen LogP contribution in [0.4, 0.5) is 0 Å². The van der Waals surface area contributed by atoms with E-state index in [2.05, 4.69) is 25.9 Å². The maximum atomic E-state index is 11.9. The van der Waals surface area contributed by atoms with Crippen molar-refractivity contribution in [1.29, 1.82) is 0 Å². The number of ether oxygens (including phenoxy) is 1. The lowest BCUT2D eigenvalue weighted by molar-refractivity contribution is -0.139. The number of hydrogen-bond donors (Lipinski definition) is 1. The first-order valence-electron chi connectivity index (χ1n) is 7.14. The maximum Gasteiger partial charge on any atom is 0.316 e. The summed E-state index contributed by atoms with van der Waals surface area (Å²) in [6, 6.07) is 14.5. The number of aromatic amines is 1. The van der Waals surface area contributed by atoms with Crippen molar-refractivity contribution in [3.63, 3.8) is 0 Å². The van der Waals surface area contributed by atoms with E-state index in [9.17, 15) is 9.59 Å². The summed E-state index contributed by atoms with van der Waals surface area (Å²) in [5.74, 6) is -0.594. The van der Waals surface area contributed by atoms with Gasteiger partial charge in [0.1, 0.15) is 0 Å². The zero-order valence-corrected chi connectivity index (χ0v) is 14.9. The summed E-state index contributed by atoms with van der Waals surface area (Å²) < 4.78 is 5.91. The smallest absolute Gasteiger partial charge is 0.316 e. The fourth-order valence-corrected chi connectivity index (χ4v) is 2.98. The Labute approximate surface area is 150 Å². The molecule has 3 rings (SSSR count). The standard InChI is InChI=1S/C17H13BrN2O3S/c18-12-7-5-11(6-8-12)15(21)9-23-16(22)10-24-17-19-13-3-1-2-4-14(13)20-17/h1-8H,9-10H2,(H,19,20). The van der Waals surface area contributed by atoms with Crippen LogP contribution in [0.25, 0.3) is 11.0 Å². The van der Waals surface area contributed by atoms with Crippen molar-refractivity contribution < 1.29 is 14.3 Å². The fourth-order valence-electron chi connectivity index (χ4n) is 2.03. The van der Waals surface area contributed by atoms with Gasteiger partial charge < -0.3 is 9.72 Å². The highest BCUT2D eigenvalue weighted by Gasteiger charge is 2.11. The minimum Gasteiger partial charge on any atom is -0.457 e. The number of ketones is 1. The van der Waals surface area contributed by atoms with Crippen LogP contribution in [0, 0.1) is 0 Å². The largest absolute Gasteiger partial charge is 0.457 e. The number of imidazole rings is 1. The third-order valence-corrected chi connectivity index (χ3v) is 4.60. The molecule has 2 aromatic carbocycles. The number of carbonyl (C=O) groups is 2. The zero-order valence-electron chi connectivity index (χ0n) is 12.5. The van der Waals surface area contributed by atoms with Gasteiger partial charge in [-0.1, -0.05) is 52.0 Å². The number of benzene rings is 2. The number of halogens is 1. The highest BCUT2D eigenvalue weighted by atomic mass is 79.9. The molecule has 0 saturated heterocycles. The molecule has 0 aliphatic heterocycles. The van der Waals surface area contributed by atoms with Gasteiger partial charge in [-0.2, -0.15) is 0 Å². The van der Waals surface area contributed by atoms with E-state index in [0.29, 0.717) is 10.7 Å². The number of nitrogens with zero attached hydrogens (tertiary/aromatic N) is 1. The summed E-state index contributed by atoms with van der Waals surface area (Å²) >= 11 is 4.55. The second-order valence-electron chi connectivity index (χ2n) is 4.94. The van der Waals surface area contributed by atoms with Crippen LogP contribution in [0.5, 0.6) is 0 Å².